The number of piperidine rings is 1. The Balaban J connectivity index is 1.55. The maximum Gasteiger partial charge on any atom is 0.261 e. The summed E-state index contributed by atoms with van der Waals surface area (Å²) in [5, 5.41) is 10.9. The van der Waals surface area contributed by atoms with Gasteiger partial charge in [-0.25, -0.2) is 0 Å². The van der Waals surface area contributed by atoms with E-state index in [1.165, 1.54) is 0 Å². The lowest BCUT2D eigenvalue weighted by molar-refractivity contribution is -0.139. The van der Waals surface area contributed by atoms with Gasteiger partial charge in [0.15, 0.2) is 6.61 Å². The van der Waals surface area contributed by atoms with Crippen molar-refractivity contribution in [2.75, 3.05) is 13.2 Å². The highest BCUT2D eigenvalue weighted by molar-refractivity contribution is 6.35. The van der Waals surface area contributed by atoms with Gasteiger partial charge < -0.3 is 9.64 Å². The first-order valence-electron chi connectivity index (χ1n) is 8.57. The molecular weight excluding hydrogens is 359 g/mol. The number of likely N-dealkylation sites (tertiary alicyclic amines) is 1. The molecule has 3 fully saturated rings. The van der Waals surface area contributed by atoms with E-state index < -0.39 is 5.54 Å². The van der Waals surface area contributed by atoms with Crippen LogP contribution in [0.2, 0.25) is 10.0 Å². The van der Waals surface area contributed by atoms with Crippen molar-refractivity contribution >= 4 is 29.1 Å². The van der Waals surface area contributed by atoms with Crippen LogP contribution in [0.3, 0.4) is 0 Å². The highest BCUT2D eigenvalue weighted by Gasteiger charge is 2.78. The molecule has 1 aliphatic heterocycles. The lowest BCUT2D eigenvalue weighted by atomic mass is 9.66. The molecule has 0 spiro atoms. The zero-order valence-corrected chi connectivity index (χ0v) is 15.8. The molecule has 1 heterocycles. The van der Waals surface area contributed by atoms with E-state index in [1.54, 1.807) is 23.1 Å². The molecule has 4 nitrogen and oxygen atoms in total. The molecule has 0 unspecified atom stereocenters. The molecule has 3 aliphatic rings. The van der Waals surface area contributed by atoms with Gasteiger partial charge in [0.2, 0.25) is 0 Å². The number of hydrogen-bond donors (Lipinski definition) is 0. The highest BCUT2D eigenvalue weighted by Crippen LogP contribution is 2.75. The maximum absolute atomic E-state index is 12.9. The van der Waals surface area contributed by atoms with Gasteiger partial charge in [-0.05, 0) is 48.8 Å². The van der Waals surface area contributed by atoms with Gasteiger partial charge in [0.25, 0.3) is 5.91 Å². The number of benzene rings is 1. The van der Waals surface area contributed by atoms with E-state index in [9.17, 15) is 10.1 Å². The van der Waals surface area contributed by atoms with Crippen molar-refractivity contribution in [2.45, 2.75) is 38.6 Å². The Labute approximate surface area is 157 Å². The zero-order valence-electron chi connectivity index (χ0n) is 14.3. The average Bonchev–Trinajstić information content (AvgIpc) is 3.02. The Morgan fingerprint density at radius 2 is 2.20 bits per heavy atom. The molecule has 0 N–H and O–H groups in total. The Bertz CT molecular complexity index is 807. The van der Waals surface area contributed by atoms with Crippen molar-refractivity contribution in [1.82, 2.24) is 4.90 Å². The van der Waals surface area contributed by atoms with Crippen LogP contribution in [0.15, 0.2) is 18.2 Å². The lowest BCUT2D eigenvalue weighted by Gasteiger charge is -2.43. The van der Waals surface area contributed by atoms with E-state index in [-0.39, 0.29) is 23.3 Å². The molecule has 132 valence electrons. The molecule has 1 aromatic carbocycles. The van der Waals surface area contributed by atoms with Crippen LogP contribution in [0.25, 0.3) is 0 Å². The summed E-state index contributed by atoms with van der Waals surface area (Å²) in [4.78, 5) is 14.7. The van der Waals surface area contributed by atoms with Gasteiger partial charge in [-0.1, -0.05) is 37.0 Å². The predicted octanol–water partition coefficient (Wildman–Crippen LogP) is 4.30. The molecule has 6 heteroatoms. The lowest BCUT2D eigenvalue weighted by Crippen LogP contribution is -2.55. The molecule has 1 amide bonds. The monoisotopic (exact) mass is 378 g/mol. The Hall–Kier alpha value is -1.44. The summed E-state index contributed by atoms with van der Waals surface area (Å²) >= 11 is 12.0. The van der Waals surface area contributed by atoms with Crippen LogP contribution in [-0.4, -0.2) is 29.5 Å². The highest BCUT2D eigenvalue weighted by atomic mass is 35.5. The molecule has 0 radical (unpaired) electrons. The molecule has 1 aromatic rings. The van der Waals surface area contributed by atoms with Gasteiger partial charge in [0, 0.05) is 17.0 Å². The summed E-state index contributed by atoms with van der Waals surface area (Å²) < 4.78 is 5.62. The van der Waals surface area contributed by atoms with Crippen molar-refractivity contribution in [1.29, 1.82) is 5.26 Å². The fourth-order valence-corrected chi connectivity index (χ4v) is 6.08. The Morgan fingerprint density at radius 3 is 2.84 bits per heavy atom. The minimum Gasteiger partial charge on any atom is -0.482 e. The van der Waals surface area contributed by atoms with Crippen molar-refractivity contribution in [3.63, 3.8) is 0 Å². The third-order valence-corrected chi connectivity index (χ3v) is 7.82. The van der Waals surface area contributed by atoms with E-state index in [0.717, 1.165) is 19.3 Å². The second kappa shape index (κ2) is 5.28. The van der Waals surface area contributed by atoms with Crippen LogP contribution in [0.1, 0.15) is 33.1 Å². The van der Waals surface area contributed by atoms with E-state index in [2.05, 4.69) is 19.9 Å². The van der Waals surface area contributed by atoms with Gasteiger partial charge in [-0.15, -0.1) is 0 Å². The fraction of sp³-hybridized carbons (Fsp3) is 0.579. The van der Waals surface area contributed by atoms with Crippen molar-refractivity contribution < 1.29 is 9.53 Å². The van der Waals surface area contributed by atoms with E-state index >= 15 is 0 Å². The summed E-state index contributed by atoms with van der Waals surface area (Å²) in [5.74, 6) is 0.810. The van der Waals surface area contributed by atoms with Gasteiger partial charge in [-0.2, -0.15) is 5.26 Å². The number of ether oxygens (including phenoxy) is 1. The van der Waals surface area contributed by atoms with E-state index in [4.69, 9.17) is 27.9 Å². The number of nitriles is 1. The smallest absolute Gasteiger partial charge is 0.261 e. The summed E-state index contributed by atoms with van der Waals surface area (Å²) in [6.45, 7) is 4.95. The van der Waals surface area contributed by atoms with Gasteiger partial charge >= 0.3 is 0 Å². The molecule has 0 aromatic heterocycles. The number of nitrogens with zero attached hydrogens (tertiary/aromatic N) is 2. The van der Waals surface area contributed by atoms with E-state index in [0.29, 0.717) is 28.3 Å². The van der Waals surface area contributed by atoms with Gasteiger partial charge in [-0.3, -0.25) is 4.79 Å². The molecule has 2 aliphatic carbocycles. The SMILES string of the molecule is C[C@@]12CC[C@@H]3C[C@]1(C#N)N(C(=O)COc1ccc(Cl)cc1Cl)C[C@]32C. The molecule has 2 saturated carbocycles. The second-order valence-electron chi connectivity index (χ2n) is 8.00. The summed E-state index contributed by atoms with van der Waals surface area (Å²) in [5.41, 5.74) is -0.807. The first-order chi connectivity index (χ1) is 11.8. The zero-order chi connectivity index (χ0) is 18.0. The van der Waals surface area contributed by atoms with Crippen LogP contribution >= 0.6 is 23.2 Å². The molecule has 4 bridgehead atoms. The van der Waals surface area contributed by atoms with Crippen LogP contribution < -0.4 is 4.74 Å². The largest absolute Gasteiger partial charge is 0.482 e. The predicted molar refractivity (Wildman–Crippen MR) is 95.6 cm³/mol. The third kappa shape index (κ3) is 1.97. The maximum atomic E-state index is 12.9. The molecular formula is C19H20Cl2N2O2. The molecule has 25 heavy (non-hydrogen) atoms. The number of carbonyl (C=O) groups excluding carboxylic acids is 1. The quantitative estimate of drug-likeness (QED) is 0.787. The fourth-order valence-electron chi connectivity index (χ4n) is 5.62. The summed E-state index contributed by atoms with van der Waals surface area (Å²) in [7, 11) is 0. The molecule has 1 saturated heterocycles. The number of halogens is 2. The Kier molecular flexibility index (Phi) is 3.59. The number of rotatable bonds is 3. The van der Waals surface area contributed by atoms with Crippen LogP contribution in [0.5, 0.6) is 5.75 Å². The first kappa shape index (κ1) is 17.0. The third-order valence-electron chi connectivity index (χ3n) is 7.29. The van der Waals surface area contributed by atoms with Crippen LogP contribution in [0.4, 0.5) is 0 Å². The number of carbonyl (C=O) groups is 1. The summed E-state index contributed by atoms with van der Waals surface area (Å²) in [6, 6.07) is 7.42. The van der Waals surface area contributed by atoms with Crippen molar-refractivity contribution in [2.24, 2.45) is 16.7 Å². The molecule has 4 rings (SSSR count). The minimum absolute atomic E-state index is 0.0241. The van der Waals surface area contributed by atoms with Gasteiger partial charge in [0.1, 0.15) is 11.3 Å². The topological polar surface area (TPSA) is 53.3 Å². The standard InChI is InChI=1S/C19H20Cl2N2O2/c1-17-11-23(19(10-22)8-12(17)5-6-18(17,19)2)16(24)9-25-15-4-3-13(20)7-14(15)21/h3-4,7,12H,5-6,8-9,11H2,1-2H3/t12-,17-,18+,19-/m1/s1. The van der Waals surface area contributed by atoms with Crippen LogP contribution in [-0.2, 0) is 4.79 Å². The Morgan fingerprint density at radius 1 is 1.44 bits per heavy atom. The van der Waals surface area contributed by atoms with Crippen LogP contribution in [0, 0.1) is 28.1 Å². The van der Waals surface area contributed by atoms with Crippen molar-refractivity contribution in [3.8, 4) is 11.8 Å². The first-order valence-corrected chi connectivity index (χ1v) is 9.33. The number of hydrogen-bond acceptors (Lipinski definition) is 3. The van der Waals surface area contributed by atoms with Gasteiger partial charge in [0.05, 0.1) is 11.1 Å². The average molecular weight is 379 g/mol. The normalized spacial score (nSPS) is 38.0. The summed E-state index contributed by atoms with van der Waals surface area (Å²) in [6.07, 6.45) is 2.95. The second-order valence-corrected chi connectivity index (χ2v) is 8.85. The van der Waals surface area contributed by atoms with E-state index in [1.807, 2.05) is 0 Å². The minimum atomic E-state index is -0.700. The number of amides is 1. The molecule has 4 atom stereocenters. The van der Waals surface area contributed by atoms with Crippen molar-refractivity contribution in [3.05, 3.63) is 28.2 Å².